The second kappa shape index (κ2) is 13.2. The van der Waals surface area contributed by atoms with Gasteiger partial charge in [-0.3, -0.25) is 9.80 Å². The van der Waals surface area contributed by atoms with Crippen LogP contribution in [0, 0.1) is 11.8 Å². The molecule has 4 heterocycles. The van der Waals surface area contributed by atoms with E-state index >= 15 is 0 Å². The van der Waals surface area contributed by atoms with Crippen LogP contribution in [0.1, 0.15) is 102 Å². The van der Waals surface area contributed by atoms with E-state index in [0.717, 1.165) is 65.3 Å². The van der Waals surface area contributed by atoms with Gasteiger partial charge in [0.1, 0.15) is 28.5 Å². The van der Waals surface area contributed by atoms with E-state index in [2.05, 4.69) is 68.2 Å². The van der Waals surface area contributed by atoms with Crippen molar-refractivity contribution in [3.8, 4) is 34.2 Å². The van der Waals surface area contributed by atoms with Crippen LogP contribution in [0.4, 0.5) is 9.59 Å². The van der Waals surface area contributed by atoms with E-state index < -0.39 is 11.2 Å². The molecule has 0 bridgehead atoms. The van der Waals surface area contributed by atoms with Crippen molar-refractivity contribution in [2.75, 3.05) is 13.1 Å². The van der Waals surface area contributed by atoms with Crippen LogP contribution in [0.5, 0.6) is 0 Å². The van der Waals surface area contributed by atoms with Crippen molar-refractivity contribution in [1.29, 1.82) is 0 Å². The highest BCUT2D eigenvalue weighted by Gasteiger charge is 2.36. The number of carbonyl (C=O) groups is 2. The minimum absolute atomic E-state index is 0.119. The summed E-state index contributed by atoms with van der Waals surface area (Å²) < 4.78 is 11.2. The number of hydrogen-bond acceptors (Lipinski definition) is 6. The molecule has 0 spiro atoms. The SMILES string of the molecule is CC(C)(C)OC(=O)N1CCC[C@H]1c1ncc(C#Cc2ccc(-c3ccc(-c4cnc([C@@H]5CCCN5C(=O)OC(C)(C)C)[nH]4)cc3)cc2)[nH]1. The number of nitrogens with one attached hydrogen (secondary N) is 2. The maximum atomic E-state index is 12.8. The number of imidazole rings is 2. The minimum atomic E-state index is -0.543. The van der Waals surface area contributed by atoms with Gasteiger partial charge in [-0.2, -0.15) is 0 Å². The average molecular weight is 649 g/mol. The molecule has 4 aromatic rings. The van der Waals surface area contributed by atoms with Gasteiger partial charge >= 0.3 is 12.2 Å². The van der Waals surface area contributed by atoms with Crippen LogP contribution < -0.4 is 0 Å². The molecule has 2 aromatic carbocycles. The highest BCUT2D eigenvalue weighted by atomic mass is 16.6. The summed E-state index contributed by atoms with van der Waals surface area (Å²) >= 11 is 0. The van der Waals surface area contributed by atoms with E-state index in [0.29, 0.717) is 18.8 Å². The molecule has 2 aromatic heterocycles. The molecule has 0 unspecified atom stereocenters. The Hall–Kier alpha value is -5.04. The first-order valence-electron chi connectivity index (χ1n) is 16.6. The summed E-state index contributed by atoms with van der Waals surface area (Å²) in [5.41, 5.74) is 4.62. The largest absolute Gasteiger partial charge is 0.444 e. The molecule has 2 aliphatic heterocycles. The molecule has 2 N–H and O–H groups in total. The maximum absolute atomic E-state index is 12.8. The van der Waals surface area contributed by atoms with Crippen LogP contribution in [-0.2, 0) is 9.47 Å². The third kappa shape index (κ3) is 7.73. The first kappa shape index (κ1) is 32.9. The number of rotatable bonds is 4. The van der Waals surface area contributed by atoms with Crippen LogP contribution >= 0.6 is 0 Å². The number of likely N-dealkylation sites (tertiary alicyclic amines) is 2. The molecule has 2 aliphatic rings. The fourth-order valence-corrected chi connectivity index (χ4v) is 6.13. The monoisotopic (exact) mass is 648 g/mol. The van der Waals surface area contributed by atoms with Crippen LogP contribution in [0.25, 0.3) is 22.4 Å². The average Bonchev–Trinajstić information content (AvgIpc) is 3.85. The molecule has 0 aliphatic carbocycles. The molecule has 0 radical (unpaired) electrons. The quantitative estimate of drug-likeness (QED) is 0.217. The molecule has 10 heteroatoms. The number of aromatic amines is 2. The van der Waals surface area contributed by atoms with Crippen molar-refractivity contribution < 1.29 is 19.1 Å². The zero-order valence-corrected chi connectivity index (χ0v) is 28.6. The van der Waals surface area contributed by atoms with Crippen molar-refractivity contribution >= 4 is 12.2 Å². The van der Waals surface area contributed by atoms with Crippen molar-refractivity contribution in [2.24, 2.45) is 0 Å². The molecule has 0 saturated carbocycles. The minimum Gasteiger partial charge on any atom is -0.444 e. The molecule has 250 valence electrons. The van der Waals surface area contributed by atoms with Crippen LogP contribution in [-0.4, -0.2) is 66.2 Å². The van der Waals surface area contributed by atoms with Gasteiger partial charge in [-0.1, -0.05) is 42.3 Å². The number of ether oxygens (including phenoxy) is 2. The highest BCUT2D eigenvalue weighted by molar-refractivity contribution is 5.71. The molecular formula is C38H44N6O4. The molecule has 6 rings (SSSR count). The standard InChI is InChI=1S/C38H44N6O4/c1-37(2,3)47-35(45)43-21-7-9-31(43)33-39-23-29(41-33)20-13-25-11-14-26(15-12-25)27-16-18-28(19-17-27)30-24-40-34(42-30)32-10-8-22-44(32)36(46)48-38(4,5)6/h11-12,14-19,23-24,31-32H,7-10,21-22H2,1-6H3,(H,39,41)(H,40,42)/t31-,32-/m0/s1. The van der Waals surface area contributed by atoms with E-state index in [9.17, 15) is 9.59 Å². The molecule has 10 nitrogen and oxygen atoms in total. The van der Waals surface area contributed by atoms with E-state index in [-0.39, 0.29) is 24.3 Å². The molecule has 48 heavy (non-hydrogen) atoms. The number of aromatic nitrogens is 4. The topological polar surface area (TPSA) is 116 Å². The predicted octanol–water partition coefficient (Wildman–Crippen LogP) is 8.01. The lowest BCUT2D eigenvalue weighted by Gasteiger charge is -2.27. The zero-order chi connectivity index (χ0) is 34.1. The van der Waals surface area contributed by atoms with Crippen molar-refractivity contribution in [2.45, 2.75) is 90.5 Å². The Kier molecular flexibility index (Phi) is 9.06. The van der Waals surface area contributed by atoms with Gasteiger partial charge < -0.3 is 19.4 Å². The summed E-state index contributed by atoms with van der Waals surface area (Å²) in [4.78, 5) is 44.9. The van der Waals surface area contributed by atoms with Crippen LogP contribution in [0.15, 0.2) is 60.9 Å². The lowest BCUT2D eigenvalue weighted by molar-refractivity contribution is 0.0208. The second-order valence-electron chi connectivity index (χ2n) is 14.4. The van der Waals surface area contributed by atoms with Crippen LogP contribution in [0.2, 0.25) is 0 Å². The number of benzene rings is 2. The first-order valence-corrected chi connectivity index (χ1v) is 16.6. The third-order valence-electron chi connectivity index (χ3n) is 8.34. The maximum Gasteiger partial charge on any atom is 0.410 e. The van der Waals surface area contributed by atoms with Gasteiger partial charge in [0.05, 0.1) is 30.2 Å². The third-order valence-corrected chi connectivity index (χ3v) is 8.34. The molecular weight excluding hydrogens is 604 g/mol. The van der Waals surface area contributed by atoms with Crippen LogP contribution in [0.3, 0.4) is 0 Å². The number of hydrogen-bond donors (Lipinski definition) is 2. The van der Waals surface area contributed by atoms with E-state index in [4.69, 9.17) is 9.47 Å². The zero-order valence-electron chi connectivity index (χ0n) is 28.6. The Labute approximate surface area is 282 Å². The fraction of sp³-hybridized carbons (Fsp3) is 0.421. The van der Waals surface area contributed by atoms with Gasteiger partial charge in [0.2, 0.25) is 0 Å². The second-order valence-corrected chi connectivity index (χ2v) is 14.4. The van der Waals surface area contributed by atoms with E-state index in [1.807, 2.05) is 59.9 Å². The number of H-pyrrole nitrogens is 2. The lowest BCUT2D eigenvalue weighted by atomic mass is 10.0. The van der Waals surface area contributed by atoms with Gasteiger partial charge in [0, 0.05) is 18.7 Å². The van der Waals surface area contributed by atoms with Crippen molar-refractivity contribution in [3.05, 3.63) is 83.8 Å². The van der Waals surface area contributed by atoms with E-state index in [1.54, 1.807) is 16.0 Å². The Morgan fingerprint density at radius 1 is 0.688 bits per heavy atom. The Morgan fingerprint density at radius 2 is 1.17 bits per heavy atom. The Bertz CT molecular complexity index is 1820. The summed E-state index contributed by atoms with van der Waals surface area (Å²) in [5.74, 6) is 7.90. The number of nitrogens with zero attached hydrogens (tertiary/aromatic N) is 4. The van der Waals surface area contributed by atoms with Crippen molar-refractivity contribution in [1.82, 2.24) is 29.7 Å². The Balaban J connectivity index is 1.08. The Morgan fingerprint density at radius 3 is 1.71 bits per heavy atom. The van der Waals surface area contributed by atoms with Crippen molar-refractivity contribution in [3.63, 3.8) is 0 Å². The van der Waals surface area contributed by atoms with Gasteiger partial charge in [-0.15, -0.1) is 0 Å². The summed E-state index contributed by atoms with van der Waals surface area (Å²) in [6, 6.07) is 16.2. The smallest absolute Gasteiger partial charge is 0.410 e. The molecule has 2 saturated heterocycles. The summed E-state index contributed by atoms with van der Waals surface area (Å²) in [7, 11) is 0. The van der Waals surface area contributed by atoms with Gasteiger partial charge in [-0.05, 0) is 102 Å². The number of carbonyl (C=O) groups excluding carboxylic acids is 2. The lowest BCUT2D eigenvalue weighted by Crippen LogP contribution is -2.36. The fourth-order valence-electron chi connectivity index (χ4n) is 6.13. The first-order chi connectivity index (χ1) is 22.8. The molecule has 2 amide bonds. The highest BCUT2D eigenvalue weighted by Crippen LogP contribution is 2.34. The summed E-state index contributed by atoms with van der Waals surface area (Å²) in [6.45, 7) is 12.6. The molecule has 2 fully saturated rings. The van der Waals surface area contributed by atoms with Gasteiger partial charge in [0.25, 0.3) is 0 Å². The van der Waals surface area contributed by atoms with E-state index in [1.165, 1.54) is 0 Å². The normalized spacial score (nSPS) is 18.0. The molecule has 2 atom stereocenters. The summed E-state index contributed by atoms with van der Waals surface area (Å²) in [5, 5.41) is 0. The summed E-state index contributed by atoms with van der Waals surface area (Å²) in [6.07, 6.45) is 6.44. The van der Waals surface area contributed by atoms with Gasteiger partial charge in [0.15, 0.2) is 0 Å². The predicted molar refractivity (Wildman–Crippen MR) is 184 cm³/mol. The van der Waals surface area contributed by atoms with Gasteiger partial charge in [-0.25, -0.2) is 19.6 Å². The number of amides is 2.